The second kappa shape index (κ2) is 12.0. The molecular formula is C31H43N5O8S. The number of carbonyl (C=O) groups is 2. The van der Waals surface area contributed by atoms with E-state index < -0.39 is 44.9 Å². The highest BCUT2D eigenvalue weighted by atomic mass is 32.2. The van der Waals surface area contributed by atoms with E-state index in [-0.39, 0.29) is 19.0 Å². The summed E-state index contributed by atoms with van der Waals surface area (Å²) in [6.45, 7) is 6.42. The molecular weight excluding hydrogens is 602 g/mol. The molecule has 3 fully saturated rings. The van der Waals surface area contributed by atoms with Crippen LogP contribution in [0.15, 0.2) is 16.8 Å². The van der Waals surface area contributed by atoms with Crippen molar-refractivity contribution >= 4 is 22.0 Å². The van der Waals surface area contributed by atoms with Crippen LogP contribution in [0.5, 0.6) is 0 Å². The Hall–Kier alpha value is -2.94. The van der Waals surface area contributed by atoms with Crippen LogP contribution in [0.25, 0.3) is 11.5 Å². The van der Waals surface area contributed by atoms with Gasteiger partial charge in [0, 0.05) is 36.7 Å². The van der Waals surface area contributed by atoms with Crippen molar-refractivity contribution in [2.45, 2.75) is 102 Å². The SMILES string of the molecule is CC(C)(C)OC(=O)N1C(OCC2(COS(C)(=O)=O)CC2)CNCC1c1ccnc(-c2noc3c2CCC[C@@]32CCCCC2=O)n1. The Labute approximate surface area is 263 Å². The average Bonchev–Trinajstić information content (AvgIpc) is 3.63. The number of hydrogen-bond acceptors (Lipinski definition) is 12. The summed E-state index contributed by atoms with van der Waals surface area (Å²) in [4.78, 5) is 37.8. The summed E-state index contributed by atoms with van der Waals surface area (Å²) in [6, 6.07) is 1.20. The minimum Gasteiger partial charge on any atom is -0.444 e. The normalized spacial score (nSPS) is 26.5. The number of ketones is 1. The van der Waals surface area contributed by atoms with E-state index in [4.69, 9.17) is 23.2 Å². The first-order valence-electron chi connectivity index (χ1n) is 15.8. The fourth-order valence-corrected chi connectivity index (χ4v) is 7.20. The van der Waals surface area contributed by atoms with Gasteiger partial charge in [0.15, 0.2) is 17.3 Å². The van der Waals surface area contributed by atoms with Crippen molar-refractivity contribution in [1.29, 1.82) is 0 Å². The van der Waals surface area contributed by atoms with E-state index in [1.165, 1.54) is 0 Å². The van der Waals surface area contributed by atoms with Crippen molar-refractivity contribution in [3.05, 3.63) is 29.3 Å². The molecule has 45 heavy (non-hydrogen) atoms. The third-order valence-electron chi connectivity index (χ3n) is 9.30. The predicted molar refractivity (Wildman–Crippen MR) is 162 cm³/mol. The van der Waals surface area contributed by atoms with Gasteiger partial charge in [0.05, 0.1) is 36.6 Å². The first kappa shape index (κ1) is 32.0. The smallest absolute Gasteiger partial charge is 0.413 e. The average molecular weight is 646 g/mol. The Morgan fingerprint density at radius 1 is 1.11 bits per heavy atom. The van der Waals surface area contributed by atoms with Gasteiger partial charge in [0.1, 0.15) is 17.6 Å². The minimum atomic E-state index is -3.58. The number of fused-ring (bicyclic) bond motifs is 2. The zero-order valence-electron chi connectivity index (χ0n) is 26.5. The van der Waals surface area contributed by atoms with E-state index in [9.17, 15) is 18.0 Å². The Morgan fingerprint density at radius 2 is 1.89 bits per heavy atom. The Bertz CT molecular complexity index is 1550. The van der Waals surface area contributed by atoms with Crippen LogP contribution in [0.4, 0.5) is 4.79 Å². The molecule has 1 N–H and O–H groups in total. The molecule has 1 aliphatic heterocycles. The molecule has 6 rings (SSSR count). The summed E-state index contributed by atoms with van der Waals surface area (Å²) >= 11 is 0. The lowest BCUT2D eigenvalue weighted by molar-refractivity contribution is -0.128. The van der Waals surface area contributed by atoms with Crippen LogP contribution in [0.1, 0.15) is 95.2 Å². The van der Waals surface area contributed by atoms with Crippen LogP contribution in [-0.2, 0) is 40.4 Å². The van der Waals surface area contributed by atoms with Crippen LogP contribution in [0.2, 0.25) is 0 Å². The number of carbonyl (C=O) groups excluding carboxylic acids is 2. The van der Waals surface area contributed by atoms with Gasteiger partial charge >= 0.3 is 6.09 Å². The molecule has 4 aliphatic rings. The number of amides is 1. The maximum absolute atomic E-state index is 13.7. The highest BCUT2D eigenvalue weighted by Gasteiger charge is 2.49. The van der Waals surface area contributed by atoms with Crippen molar-refractivity contribution in [2.75, 3.05) is 32.6 Å². The lowest BCUT2D eigenvalue weighted by Crippen LogP contribution is -2.57. The van der Waals surface area contributed by atoms with E-state index in [2.05, 4.69) is 15.5 Å². The number of aromatic nitrogens is 3. The maximum Gasteiger partial charge on any atom is 0.413 e. The van der Waals surface area contributed by atoms with Gasteiger partial charge in [-0.2, -0.15) is 8.42 Å². The molecule has 1 saturated heterocycles. The molecule has 2 aromatic rings. The summed E-state index contributed by atoms with van der Waals surface area (Å²) in [5, 5.41) is 7.76. The fraction of sp³-hybridized carbons (Fsp3) is 0.710. The molecule has 0 bridgehead atoms. The van der Waals surface area contributed by atoms with Gasteiger partial charge in [-0.15, -0.1) is 0 Å². The number of nitrogens with one attached hydrogen (secondary N) is 1. The quantitative estimate of drug-likeness (QED) is 0.414. The second-order valence-electron chi connectivity index (χ2n) is 14.0. The largest absolute Gasteiger partial charge is 0.444 e. The van der Waals surface area contributed by atoms with Crippen molar-refractivity contribution < 1.29 is 36.2 Å². The molecule has 3 atom stereocenters. The highest BCUT2D eigenvalue weighted by molar-refractivity contribution is 7.85. The summed E-state index contributed by atoms with van der Waals surface area (Å²) in [7, 11) is -3.58. The van der Waals surface area contributed by atoms with Crippen molar-refractivity contribution in [3.8, 4) is 11.5 Å². The summed E-state index contributed by atoms with van der Waals surface area (Å²) < 4.78 is 46.3. The molecule has 2 saturated carbocycles. The summed E-state index contributed by atoms with van der Waals surface area (Å²) in [5.41, 5.74) is 0.232. The zero-order chi connectivity index (χ0) is 32.0. The molecule has 3 heterocycles. The summed E-state index contributed by atoms with van der Waals surface area (Å²) in [5.74, 6) is 1.27. The standard InChI is InChI=1S/C31H43N5O8S/c1-29(2,3)43-28(38)36-22(16-32-17-24(36)41-18-30(13-14-30)19-42-45(4,39)40)21-10-15-33-27(34-21)25-20-8-7-12-31(26(20)44-35-25)11-6-5-9-23(31)37/h10,15,22,24,32H,5-9,11-14,16-19H2,1-4H3/t22?,24?,31-/m1/s1. The molecule has 2 aromatic heterocycles. The Balaban J connectivity index is 1.28. The van der Waals surface area contributed by atoms with Gasteiger partial charge in [0.25, 0.3) is 10.1 Å². The second-order valence-corrected chi connectivity index (χ2v) is 15.6. The fourth-order valence-electron chi connectivity index (χ4n) is 6.74. The molecule has 14 heteroatoms. The molecule has 2 unspecified atom stereocenters. The number of piperazine rings is 1. The van der Waals surface area contributed by atoms with Gasteiger partial charge in [-0.25, -0.2) is 14.8 Å². The molecule has 3 aliphatic carbocycles. The third-order valence-corrected chi connectivity index (χ3v) is 9.85. The van der Waals surface area contributed by atoms with Crippen LogP contribution < -0.4 is 5.32 Å². The molecule has 246 valence electrons. The zero-order valence-corrected chi connectivity index (χ0v) is 27.3. The topological polar surface area (TPSA) is 163 Å². The summed E-state index contributed by atoms with van der Waals surface area (Å²) in [6.07, 6.45) is 8.54. The molecule has 1 spiro atoms. The number of ether oxygens (including phenoxy) is 2. The first-order chi connectivity index (χ1) is 21.3. The molecule has 0 radical (unpaired) electrons. The lowest BCUT2D eigenvalue weighted by atomic mass is 9.64. The number of Topliss-reactive ketones (excluding diaryl/α,β-unsaturated/α-hetero) is 1. The lowest BCUT2D eigenvalue weighted by Gasteiger charge is -2.42. The van der Waals surface area contributed by atoms with Crippen LogP contribution in [0, 0.1) is 5.41 Å². The van der Waals surface area contributed by atoms with Crippen LogP contribution in [0.3, 0.4) is 0 Å². The van der Waals surface area contributed by atoms with Gasteiger partial charge in [-0.1, -0.05) is 11.6 Å². The van der Waals surface area contributed by atoms with E-state index in [0.29, 0.717) is 42.5 Å². The minimum absolute atomic E-state index is 0.0338. The van der Waals surface area contributed by atoms with Crippen molar-refractivity contribution in [1.82, 2.24) is 25.3 Å². The van der Waals surface area contributed by atoms with Gasteiger partial charge < -0.3 is 19.3 Å². The molecule has 1 amide bonds. The molecule has 0 aromatic carbocycles. The Morgan fingerprint density at radius 3 is 2.60 bits per heavy atom. The van der Waals surface area contributed by atoms with E-state index >= 15 is 0 Å². The highest BCUT2D eigenvalue weighted by Crippen LogP contribution is 2.48. The van der Waals surface area contributed by atoms with E-state index in [1.54, 1.807) is 37.9 Å². The van der Waals surface area contributed by atoms with E-state index in [1.807, 2.05) is 0 Å². The van der Waals surface area contributed by atoms with Crippen LogP contribution >= 0.6 is 0 Å². The van der Waals surface area contributed by atoms with Gasteiger partial charge in [0.2, 0.25) is 0 Å². The Kier molecular flexibility index (Phi) is 8.55. The monoisotopic (exact) mass is 645 g/mol. The molecule has 13 nitrogen and oxygen atoms in total. The van der Waals surface area contributed by atoms with Gasteiger partial charge in [-0.3, -0.25) is 13.9 Å². The first-order valence-corrected chi connectivity index (χ1v) is 17.6. The van der Waals surface area contributed by atoms with Crippen molar-refractivity contribution in [3.63, 3.8) is 0 Å². The number of nitrogens with zero attached hydrogens (tertiary/aromatic N) is 4. The van der Waals surface area contributed by atoms with Crippen LogP contribution in [-0.4, -0.2) is 84.7 Å². The van der Waals surface area contributed by atoms with Crippen molar-refractivity contribution in [2.24, 2.45) is 5.41 Å². The number of rotatable bonds is 8. The number of hydrogen-bond donors (Lipinski definition) is 1. The van der Waals surface area contributed by atoms with E-state index in [0.717, 1.165) is 63.2 Å². The maximum atomic E-state index is 13.7. The predicted octanol–water partition coefficient (Wildman–Crippen LogP) is 3.83. The third kappa shape index (κ3) is 6.79. The van der Waals surface area contributed by atoms with Gasteiger partial charge in [-0.05, 0) is 71.8 Å².